The predicted molar refractivity (Wildman–Crippen MR) is 70.6 cm³/mol. The van der Waals surface area contributed by atoms with Gasteiger partial charge in [0.15, 0.2) is 0 Å². The third kappa shape index (κ3) is 4.40. The van der Waals surface area contributed by atoms with Crippen LogP contribution in [0.25, 0.3) is 0 Å². The van der Waals surface area contributed by atoms with Crippen molar-refractivity contribution >= 4 is 0 Å². The van der Waals surface area contributed by atoms with Gasteiger partial charge in [0.1, 0.15) is 0 Å². The summed E-state index contributed by atoms with van der Waals surface area (Å²) in [5.41, 5.74) is 6.06. The molecule has 1 fully saturated rings. The van der Waals surface area contributed by atoms with E-state index in [1.54, 1.807) is 0 Å². The van der Waals surface area contributed by atoms with Crippen molar-refractivity contribution in [1.82, 2.24) is 9.80 Å². The fraction of sp³-hybridized carbons (Fsp3) is 1.00. The summed E-state index contributed by atoms with van der Waals surface area (Å²) in [5, 5.41) is 0. The molecule has 1 unspecified atom stereocenters. The molecule has 0 amide bonds. The summed E-state index contributed by atoms with van der Waals surface area (Å²) < 4.78 is 0. The van der Waals surface area contributed by atoms with Crippen molar-refractivity contribution in [2.45, 2.75) is 39.7 Å². The second-order valence-corrected chi connectivity index (χ2v) is 6.10. The highest BCUT2D eigenvalue weighted by Crippen LogP contribution is 2.20. The molecule has 16 heavy (non-hydrogen) atoms. The summed E-state index contributed by atoms with van der Waals surface area (Å²) in [7, 11) is 2.22. The van der Waals surface area contributed by atoms with E-state index in [1.165, 1.54) is 39.0 Å². The minimum absolute atomic E-state index is 0.318. The van der Waals surface area contributed by atoms with E-state index in [-0.39, 0.29) is 0 Å². The highest BCUT2D eigenvalue weighted by atomic mass is 15.3. The number of hydrogen-bond acceptors (Lipinski definition) is 3. The molecule has 1 aliphatic rings. The lowest BCUT2D eigenvalue weighted by molar-refractivity contribution is 0.101. The molecule has 0 aliphatic carbocycles. The van der Waals surface area contributed by atoms with Gasteiger partial charge in [0, 0.05) is 25.7 Å². The first kappa shape index (κ1) is 13.9. The van der Waals surface area contributed by atoms with Crippen LogP contribution in [-0.4, -0.2) is 55.6 Å². The third-order valence-electron chi connectivity index (χ3n) is 3.92. The fourth-order valence-electron chi connectivity index (χ4n) is 2.21. The predicted octanol–water partition coefficient (Wildman–Crippen LogP) is 1.39. The number of nitrogens with two attached hydrogens (primary N) is 1. The number of hydrogen-bond donors (Lipinski definition) is 1. The summed E-state index contributed by atoms with van der Waals surface area (Å²) >= 11 is 0. The van der Waals surface area contributed by atoms with Gasteiger partial charge < -0.3 is 15.5 Å². The van der Waals surface area contributed by atoms with Crippen molar-refractivity contribution in [2.75, 3.05) is 39.8 Å². The molecule has 0 spiro atoms. The number of rotatable bonds is 5. The molecule has 3 heteroatoms. The lowest BCUT2D eigenvalue weighted by Gasteiger charge is -2.38. The number of piperazine rings is 1. The molecule has 0 bridgehead atoms. The van der Waals surface area contributed by atoms with Gasteiger partial charge in [0.2, 0.25) is 0 Å². The Balaban J connectivity index is 2.19. The molecule has 1 aliphatic heterocycles. The molecule has 1 saturated heterocycles. The van der Waals surface area contributed by atoms with Crippen molar-refractivity contribution in [2.24, 2.45) is 11.1 Å². The molecule has 0 aromatic carbocycles. The summed E-state index contributed by atoms with van der Waals surface area (Å²) in [4.78, 5) is 5.04. The van der Waals surface area contributed by atoms with Gasteiger partial charge in [-0.05, 0) is 45.3 Å². The van der Waals surface area contributed by atoms with Crippen LogP contribution < -0.4 is 5.73 Å². The van der Waals surface area contributed by atoms with Gasteiger partial charge in [-0.1, -0.05) is 13.8 Å². The van der Waals surface area contributed by atoms with Gasteiger partial charge in [0.05, 0.1) is 0 Å². The van der Waals surface area contributed by atoms with Crippen molar-refractivity contribution < 1.29 is 0 Å². The topological polar surface area (TPSA) is 32.5 Å². The maximum absolute atomic E-state index is 5.75. The van der Waals surface area contributed by atoms with E-state index in [0.717, 1.165) is 6.54 Å². The molecule has 0 aromatic heterocycles. The molecule has 3 nitrogen and oxygen atoms in total. The molecule has 2 N–H and O–H groups in total. The standard InChI is InChI=1S/C13H29N3/c1-12-10-16(9-8-15(12)4)7-5-6-13(2,3)11-14/h12H,5-11,14H2,1-4H3. The summed E-state index contributed by atoms with van der Waals surface area (Å²) in [6.07, 6.45) is 2.52. The normalized spacial score (nSPS) is 24.9. The Kier molecular flexibility index (Phi) is 5.22. The van der Waals surface area contributed by atoms with Crippen molar-refractivity contribution in [3.05, 3.63) is 0 Å². The van der Waals surface area contributed by atoms with Gasteiger partial charge in [-0.15, -0.1) is 0 Å². The van der Waals surface area contributed by atoms with Gasteiger partial charge in [-0.25, -0.2) is 0 Å². The Labute approximate surface area is 101 Å². The van der Waals surface area contributed by atoms with Gasteiger partial charge in [-0.3, -0.25) is 0 Å². The molecule has 0 radical (unpaired) electrons. The van der Waals surface area contributed by atoms with E-state index in [0.29, 0.717) is 11.5 Å². The SMILES string of the molecule is CC1CN(CCCC(C)(C)CN)CCN1C. The summed E-state index contributed by atoms with van der Waals surface area (Å²) in [5.74, 6) is 0. The Morgan fingerprint density at radius 1 is 1.31 bits per heavy atom. The zero-order valence-electron chi connectivity index (χ0n) is 11.5. The van der Waals surface area contributed by atoms with E-state index in [9.17, 15) is 0 Å². The molecule has 1 rings (SSSR count). The van der Waals surface area contributed by atoms with Crippen LogP contribution in [0.3, 0.4) is 0 Å². The highest BCUT2D eigenvalue weighted by Gasteiger charge is 2.21. The summed E-state index contributed by atoms with van der Waals surface area (Å²) in [6, 6.07) is 0.705. The van der Waals surface area contributed by atoms with E-state index in [2.05, 4.69) is 37.6 Å². The van der Waals surface area contributed by atoms with Crippen LogP contribution in [0.5, 0.6) is 0 Å². The first-order valence-electron chi connectivity index (χ1n) is 6.57. The molecule has 96 valence electrons. The lowest BCUT2D eigenvalue weighted by Crippen LogP contribution is -2.50. The van der Waals surface area contributed by atoms with Crippen LogP contribution in [0.2, 0.25) is 0 Å². The average Bonchev–Trinajstić information content (AvgIpc) is 2.23. The quantitative estimate of drug-likeness (QED) is 0.770. The molecule has 1 atom stereocenters. The Morgan fingerprint density at radius 2 is 2.00 bits per heavy atom. The highest BCUT2D eigenvalue weighted by molar-refractivity contribution is 4.77. The zero-order valence-corrected chi connectivity index (χ0v) is 11.5. The van der Waals surface area contributed by atoms with Crippen LogP contribution in [-0.2, 0) is 0 Å². The Bertz CT molecular complexity index is 203. The van der Waals surface area contributed by atoms with Crippen molar-refractivity contribution in [3.8, 4) is 0 Å². The third-order valence-corrected chi connectivity index (χ3v) is 3.92. The first-order valence-corrected chi connectivity index (χ1v) is 6.57. The van der Waals surface area contributed by atoms with Crippen LogP contribution >= 0.6 is 0 Å². The molecule has 0 saturated carbocycles. The van der Waals surface area contributed by atoms with E-state index >= 15 is 0 Å². The first-order chi connectivity index (χ1) is 7.44. The van der Waals surface area contributed by atoms with Gasteiger partial charge in [0.25, 0.3) is 0 Å². The van der Waals surface area contributed by atoms with Gasteiger partial charge in [-0.2, -0.15) is 0 Å². The maximum atomic E-state index is 5.75. The monoisotopic (exact) mass is 227 g/mol. The molecule has 0 aromatic rings. The Morgan fingerprint density at radius 3 is 2.56 bits per heavy atom. The fourth-order valence-corrected chi connectivity index (χ4v) is 2.21. The van der Waals surface area contributed by atoms with E-state index in [1.807, 2.05) is 0 Å². The second kappa shape index (κ2) is 5.99. The average molecular weight is 227 g/mol. The van der Waals surface area contributed by atoms with Crippen molar-refractivity contribution in [3.63, 3.8) is 0 Å². The zero-order chi connectivity index (χ0) is 12.2. The van der Waals surface area contributed by atoms with E-state index < -0.39 is 0 Å². The summed E-state index contributed by atoms with van der Waals surface area (Å²) in [6.45, 7) is 12.5. The van der Waals surface area contributed by atoms with Crippen LogP contribution in [0.15, 0.2) is 0 Å². The minimum Gasteiger partial charge on any atom is -0.330 e. The van der Waals surface area contributed by atoms with Crippen LogP contribution in [0.4, 0.5) is 0 Å². The second-order valence-electron chi connectivity index (χ2n) is 6.10. The molecule has 1 heterocycles. The smallest absolute Gasteiger partial charge is 0.0192 e. The largest absolute Gasteiger partial charge is 0.330 e. The van der Waals surface area contributed by atoms with Crippen molar-refractivity contribution in [1.29, 1.82) is 0 Å². The maximum Gasteiger partial charge on any atom is 0.0192 e. The Hall–Kier alpha value is -0.120. The number of likely N-dealkylation sites (N-methyl/N-ethyl adjacent to an activating group) is 1. The molecular weight excluding hydrogens is 198 g/mol. The van der Waals surface area contributed by atoms with Crippen LogP contribution in [0.1, 0.15) is 33.6 Å². The lowest BCUT2D eigenvalue weighted by atomic mass is 9.88. The number of nitrogens with zero attached hydrogens (tertiary/aromatic N) is 2. The van der Waals surface area contributed by atoms with E-state index in [4.69, 9.17) is 5.73 Å². The molecular formula is C13H29N3. The van der Waals surface area contributed by atoms with Crippen LogP contribution in [0, 0.1) is 5.41 Å². The minimum atomic E-state index is 0.318. The van der Waals surface area contributed by atoms with Gasteiger partial charge >= 0.3 is 0 Å².